The van der Waals surface area contributed by atoms with Crippen molar-refractivity contribution in [3.63, 3.8) is 0 Å². The minimum Gasteiger partial charge on any atom is -0.464 e. The molecule has 1 N–H and O–H groups in total. The zero-order valence-corrected chi connectivity index (χ0v) is 12.6. The highest BCUT2D eigenvalue weighted by atomic mass is 16.5. The standard InChI is InChI=1S/C16H23NO3/c1-8(2)5-12-13-10(4)9(3)6-11-7-20-15(19)16(11,13)14(18)17-12/h6,8,10-13H,5,7H2,1-4H3,(H,17,18)/t10-,11-,12+,13+,16-/m1/s1. The van der Waals surface area contributed by atoms with Gasteiger partial charge in [0.2, 0.25) is 5.91 Å². The third-order valence-corrected chi connectivity index (χ3v) is 5.41. The minimum absolute atomic E-state index is 0.0300. The van der Waals surface area contributed by atoms with Gasteiger partial charge in [-0.05, 0) is 25.2 Å². The molecule has 0 saturated carbocycles. The van der Waals surface area contributed by atoms with E-state index in [1.54, 1.807) is 0 Å². The first-order valence-electron chi connectivity index (χ1n) is 7.55. The van der Waals surface area contributed by atoms with Gasteiger partial charge in [-0.15, -0.1) is 0 Å². The van der Waals surface area contributed by atoms with Gasteiger partial charge < -0.3 is 10.1 Å². The van der Waals surface area contributed by atoms with Crippen molar-refractivity contribution in [2.24, 2.45) is 29.1 Å². The molecule has 5 atom stereocenters. The molecular weight excluding hydrogens is 254 g/mol. The van der Waals surface area contributed by atoms with Gasteiger partial charge in [-0.1, -0.05) is 32.4 Å². The first-order chi connectivity index (χ1) is 9.38. The summed E-state index contributed by atoms with van der Waals surface area (Å²) in [6.45, 7) is 8.89. The van der Waals surface area contributed by atoms with Crippen LogP contribution in [0.4, 0.5) is 0 Å². The molecule has 2 saturated heterocycles. The molecule has 4 nitrogen and oxygen atoms in total. The summed E-state index contributed by atoms with van der Waals surface area (Å²) < 4.78 is 5.28. The quantitative estimate of drug-likeness (QED) is 0.476. The fraction of sp³-hybridized carbons (Fsp3) is 0.750. The smallest absolute Gasteiger partial charge is 0.322 e. The van der Waals surface area contributed by atoms with Crippen LogP contribution < -0.4 is 5.32 Å². The van der Waals surface area contributed by atoms with Gasteiger partial charge in [0.25, 0.3) is 0 Å². The number of hydrogen-bond donors (Lipinski definition) is 1. The van der Waals surface area contributed by atoms with E-state index in [9.17, 15) is 9.59 Å². The Balaban J connectivity index is 2.09. The number of carbonyl (C=O) groups is 2. The van der Waals surface area contributed by atoms with E-state index in [0.717, 1.165) is 6.42 Å². The molecule has 0 radical (unpaired) electrons. The zero-order chi connectivity index (χ0) is 14.7. The lowest BCUT2D eigenvalue weighted by Crippen LogP contribution is -2.49. The largest absolute Gasteiger partial charge is 0.464 e. The lowest BCUT2D eigenvalue weighted by Gasteiger charge is -2.40. The Morgan fingerprint density at radius 1 is 1.45 bits per heavy atom. The van der Waals surface area contributed by atoms with E-state index in [1.165, 1.54) is 5.57 Å². The second-order valence-corrected chi connectivity index (χ2v) is 7.01. The molecule has 0 aromatic rings. The van der Waals surface area contributed by atoms with E-state index >= 15 is 0 Å². The van der Waals surface area contributed by atoms with E-state index in [4.69, 9.17) is 4.74 Å². The highest BCUT2D eigenvalue weighted by molar-refractivity contribution is 6.07. The first-order valence-corrected chi connectivity index (χ1v) is 7.55. The Morgan fingerprint density at radius 2 is 2.15 bits per heavy atom. The average molecular weight is 277 g/mol. The molecule has 1 spiro atoms. The number of rotatable bonds is 2. The van der Waals surface area contributed by atoms with E-state index in [-0.39, 0.29) is 35.7 Å². The highest BCUT2D eigenvalue weighted by Gasteiger charge is 2.69. The molecule has 2 fully saturated rings. The van der Waals surface area contributed by atoms with Crippen LogP contribution >= 0.6 is 0 Å². The molecule has 110 valence electrons. The molecule has 2 heterocycles. The van der Waals surface area contributed by atoms with Gasteiger partial charge in [-0.3, -0.25) is 9.59 Å². The van der Waals surface area contributed by atoms with Crippen LogP contribution in [-0.4, -0.2) is 24.5 Å². The van der Waals surface area contributed by atoms with Crippen molar-refractivity contribution < 1.29 is 14.3 Å². The van der Waals surface area contributed by atoms with Crippen molar-refractivity contribution >= 4 is 11.9 Å². The lowest BCUT2D eigenvalue weighted by molar-refractivity contribution is -0.154. The van der Waals surface area contributed by atoms with E-state index in [1.807, 2.05) is 0 Å². The third-order valence-electron chi connectivity index (χ3n) is 5.41. The van der Waals surface area contributed by atoms with Crippen molar-refractivity contribution in [3.8, 4) is 0 Å². The van der Waals surface area contributed by atoms with Gasteiger partial charge in [0.1, 0.15) is 0 Å². The number of hydrogen-bond acceptors (Lipinski definition) is 3. The van der Waals surface area contributed by atoms with Gasteiger partial charge in [0, 0.05) is 17.9 Å². The monoisotopic (exact) mass is 277 g/mol. The average Bonchev–Trinajstić information content (AvgIpc) is 2.82. The van der Waals surface area contributed by atoms with Gasteiger partial charge in [0.05, 0.1) is 6.61 Å². The molecule has 0 bridgehead atoms. The van der Waals surface area contributed by atoms with E-state index in [0.29, 0.717) is 12.5 Å². The van der Waals surface area contributed by atoms with Crippen molar-refractivity contribution in [3.05, 3.63) is 11.6 Å². The summed E-state index contributed by atoms with van der Waals surface area (Å²) >= 11 is 0. The second kappa shape index (κ2) is 4.34. The molecule has 4 heteroatoms. The molecule has 1 aliphatic carbocycles. The Labute approximate surface area is 119 Å². The van der Waals surface area contributed by atoms with E-state index in [2.05, 4.69) is 39.1 Å². The van der Waals surface area contributed by atoms with Crippen LogP contribution in [0.2, 0.25) is 0 Å². The maximum Gasteiger partial charge on any atom is 0.322 e. The summed E-state index contributed by atoms with van der Waals surface area (Å²) in [7, 11) is 0. The number of allylic oxidation sites excluding steroid dienone is 1. The molecule has 3 rings (SSSR count). The molecule has 3 aliphatic rings. The summed E-state index contributed by atoms with van der Waals surface area (Å²) in [5.41, 5.74) is 0.317. The number of ether oxygens (including phenoxy) is 1. The predicted octanol–water partition coefficient (Wildman–Crippen LogP) is 1.90. The fourth-order valence-corrected chi connectivity index (χ4v) is 4.45. The summed E-state index contributed by atoms with van der Waals surface area (Å²) in [6, 6.07) is 0.0781. The summed E-state index contributed by atoms with van der Waals surface area (Å²) in [4.78, 5) is 25.0. The molecule has 0 aromatic carbocycles. The Hall–Kier alpha value is -1.32. The number of esters is 1. The van der Waals surface area contributed by atoms with Crippen LogP contribution in [0.15, 0.2) is 11.6 Å². The topological polar surface area (TPSA) is 55.4 Å². The molecule has 1 amide bonds. The van der Waals surface area contributed by atoms with Crippen LogP contribution in [0.3, 0.4) is 0 Å². The van der Waals surface area contributed by atoms with Gasteiger partial charge in [-0.2, -0.15) is 0 Å². The first kappa shape index (κ1) is 13.7. The molecule has 0 unspecified atom stereocenters. The van der Waals surface area contributed by atoms with Crippen molar-refractivity contribution in [1.82, 2.24) is 5.32 Å². The minimum atomic E-state index is -0.960. The van der Waals surface area contributed by atoms with Crippen LogP contribution in [0.25, 0.3) is 0 Å². The van der Waals surface area contributed by atoms with Crippen LogP contribution in [0.5, 0.6) is 0 Å². The van der Waals surface area contributed by atoms with E-state index < -0.39 is 5.41 Å². The van der Waals surface area contributed by atoms with Crippen LogP contribution in [-0.2, 0) is 14.3 Å². The van der Waals surface area contributed by atoms with Gasteiger partial charge in [-0.25, -0.2) is 0 Å². The molecular formula is C16H23NO3. The summed E-state index contributed by atoms with van der Waals surface area (Å²) in [5.74, 6) is 0.239. The van der Waals surface area contributed by atoms with Crippen LogP contribution in [0, 0.1) is 29.1 Å². The van der Waals surface area contributed by atoms with Gasteiger partial charge >= 0.3 is 5.97 Å². The SMILES string of the molecule is CC1=C[C@@H]2COC(=O)[C@]23C(=O)N[C@@H](CC(C)C)[C@@H]3[C@@H]1C. The third kappa shape index (κ3) is 1.54. The Bertz CT molecular complexity index is 496. The number of nitrogens with one attached hydrogen (secondary N) is 1. The van der Waals surface area contributed by atoms with Gasteiger partial charge in [0.15, 0.2) is 5.41 Å². The maximum absolute atomic E-state index is 12.6. The van der Waals surface area contributed by atoms with Crippen molar-refractivity contribution in [1.29, 1.82) is 0 Å². The number of cyclic esters (lactones) is 1. The Morgan fingerprint density at radius 3 is 2.80 bits per heavy atom. The molecule has 0 aromatic heterocycles. The van der Waals surface area contributed by atoms with Crippen molar-refractivity contribution in [2.45, 2.75) is 40.2 Å². The fourth-order valence-electron chi connectivity index (χ4n) is 4.45. The molecule has 2 aliphatic heterocycles. The number of carbonyl (C=O) groups excluding carboxylic acids is 2. The number of amides is 1. The highest BCUT2D eigenvalue weighted by Crippen LogP contribution is 2.56. The zero-order valence-electron chi connectivity index (χ0n) is 12.6. The normalized spacial score (nSPS) is 43.0. The lowest BCUT2D eigenvalue weighted by atomic mass is 9.58. The second-order valence-electron chi connectivity index (χ2n) is 7.01. The summed E-state index contributed by atoms with van der Waals surface area (Å²) in [5, 5.41) is 3.10. The Kier molecular flexibility index (Phi) is 2.96. The predicted molar refractivity (Wildman–Crippen MR) is 74.7 cm³/mol. The summed E-state index contributed by atoms with van der Waals surface area (Å²) in [6.07, 6.45) is 3.00. The van der Waals surface area contributed by atoms with Crippen LogP contribution in [0.1, 0.15) is 34.1 Å². The molecule has 20 heavy (non-hydrogen) atoms. The van der Waals surface area contributed by atoms with Crippen molar-refractivity contribution in [2.75, 3.05) is 6.61 Å². The maximum atomic E-state index is 12.6.